The average Bonchev–Trinajstić information content (AvgIpc) is 2.73. The van der Waals surface area contributed by atoms with E-state index in [9.17, 15) is 4.79 Å². The smallest absolute Gasteiger partial charge is 0.206 e. The fraction of sp³-hybridized carbons (Fsp3) is 0.182. The van der Waals surface area contributed by atoms with Crippen molar-refractivity contribution in [2.75, 3.05) is 11.9 Å². The maximum atomic E-state index is 11.7. The number of Topliss-reactive ketones (excluding diaryl/α,β-unsaturated/α-hetero) is 1. The second-order valence-electron chi connectivity index (χ2n) is 3.27. The monoisotopic (exact) mass is 233 g/mol. The summed E-state index contributed by atoms with van der Waals surface area (Å²) in [5.74, 6) is 0.0495. The third-order valence-electron chi connectivity index (χ3n) is 2.02. The molecule has 0 saturated carbocycles. The third kappa shape index (κ3) is 2.64. The summed E-state index contributed by atoms with van der Waals surface area (Å²) >= 11 is 1.44. The maximum Gasteiger partial charge on any atom is 0.206 e. The molecule has 16 heavy (non-hydrogen) atoms. The third-order valence-corrected chi connectivity index (χ3v) is 2.82. The van der Waals surface area contributed by atoms with Crippen LogP contribution in [0.4, 0.5) is 5.13 Å². The lowest BCUT2D eigenvalue weighted by Gasteiger charge is -2.00. The number of ketones is 1. The Hall–Kier alpha value is -1.75. The van der Waals surface area contributed by atoms with Gasteiger partial charge in [0.05, 0.1) is 6.54 Å². The summed E-state index contributed by atoms with van der Waals surface area (Å²) in [6.45, 7) is 2.13. The van der Waals surface area contributed by atoms with E-state index in [-0.39, 0.29) is 12.3 Å². The highest BCUT2D eigenvalue weighted by Gasteiger charge is 2.06. The van der Waals surface area contributed by atoms with Crippen LogP contribution in [0.15, 0.2) is 30.3 Å². The van der Waals surface area contributed by atoms with Crippen LogP contribution < -0.4 is 5.32 Å². The van der Waals surface area contributed by atoms with Crippen molar-refractivity contribution in [3.8, 4) is 0 Å². The Bertz CT molecular complexity index is 481. The van der Waals surface area contributed by atoms with Gasteiger partial charge in [-0.2, -0.15) is 0 Å². The van der Waals surface area contributed by atoms with Crippen LogP contribution in [-0.4, -0.2) is 22.5 Å². The molecule has 1 aromatic carbocycles. The lowest BCUT2D eigenvalue weighted by Crippen LogP contribution is -2.13. The zero-order valence-corrected chi connectivity index (χ0v) is 9.62. The Morgan fingerprint density at radius 3 is 2.69 bits per heavy atom. The zero-order chi connectivity index (χ0) is 11.4. The number of aryl methyl sites for hydroxylation is 1. The molecule has 0 aliphatic rings. The van der Waals surface area contributed by atoms with Crippen LogP contribution in [0, 0.1) is 6.92 Å². The maximum absolute atomic E-state index is 11.7. The number of carbonyl (C=O) groups excluding carboxylic acids is 1. The highest BCUT2D eigenvalue weighted by atomic mass is 32.1. The fourth-order valence-electron chi connectivity index (χ4n) is 1.25. The van der Waals surface area contributed by atoms with Gasteiger partial charge < -0.3 is 5.32 Å². The highest BCUT2D eigenvalue weighted by Crippen LogP contribution is 2.13. The molecule has 1 heterocycles. The summed E-state index contributed by atoms with van der Waals surface area (Å²) in [6, 6.07) is 9.19. The molecule has 0 fully saturated rings. The lowest BCUT2D eigenvalue weighted by atomic mass is 10.1. The first kappa shape index (κ1) is 10.8. The van der Waals surface area contributed by atoms with Gasteiger partial charge in [0.2, 0.25) is 5.13 Å². The minimum Gasteiger partial charge on any atom is -0.353 e. The average molecular weight is 233 g/mol. The van der Waals surface area contributed by atoms with Crippen LogP contribution >= 0.6 is 11.3 Å². The lowest BCUT2D eigenvalue weighted by molar-refractivity contribution is 0.101. The van der Waals surface area contributed by atoms with E-state index in [0.29, 0.717) is 10.7 Å². The number of aromatic nitrogens is 2. The predicted octanol–water partition coefficient (Wildman–Crippen LogP) is 2.14. The number of rotatable bonds is 4. The first-order chi connectivity index (χ1) is 7.75. The summed E-state index contributed by atoms with van der Waals surface area (Å²) in [4.78, 5) is 11.7. The van der Waals surface area contributed by atoms with Crippen LogP contribution in [0.3, 0.4) is 0 Å². The Labute approximate surface area is 97.3 Å². The molecular formula is C11H11N3OS. The van der Waals surface area contributed by atoms with Gasteiger partial charge in [0.25, 0.3) is 0 Å². The van der Waals surface area contributed by atoms with Gasteiger partial charge in [-0.3, -0.25) is 4.79 Å². The minimum absolute atomic E-state index is 0.0495. The van der Waals surface area contributed by atoms with Gasteiger partial charge in [0.15, 0.2) is 5.78 Å². The van der Waals surface area contributed by atoms with Gasteiger partial charge in [0.1, 0.15) is 5.01 Å². The van der Waals surface area contributed by atoms with Crippen molar-refractivity contribution in [1.82, 2.24) is 10.2 Å². The molecule has 0 atom stereocenters. The first-order valence-corrected chi connectivity index (χ1v) is 5.69. The molecule has 4 nitrogen and oxygen atoms in total. The van der Waals surface area contributed by atoms with Crippen molar-refractivity contribution in [3.05, 3.63) is 40.9 Å². The Morgan fingerprint density at radius 2 is 2.06 bits per heavy atom. The summed E-state index contributed by atoms with van der Waals surface area (Å²) in [7, 11) is 0. The first-order valence-electron chi connectivity index (χ1n) is 4.88. The minimum atomic E-state index is 0.0495. The summed E-state index contributed by atoms with van der Waals surface area (Å²) in [5.41, 5.74) is 0.705. The number of anilines is 1. The van der Waals surface area contributed by atoms with E-state index in [1.165, 1.54) is 11.3 Å². The van der Waals surface area contributed by atoms with Crippen molar-refractivity contribution >= 4 is 22.3 Å². The molecule has 0 radical (unpaired) electrons. The molecule has 0 unspecified atom stereocenters. The van der Waals surface area contributed by atoms with E-state index >= 15 is 0 Å². The molecule has 2 rings (SSSR count). The predicted molar refractivity (Wildman–Crippen MR) is 63.9 cm³/mol. The van der Waals surface area contributed by atoms with Gasteiger partial charge in [-0.25, -0.2) is 0 Å². The van der Waals surface area contributed by atoms with E-state index in [0.717, 1.165) is 5.01 Å². The van der Waals surface area contributed by atoms with Crippen LogP contribution in [0.1, 0.15) is 15.4 Å². The van der Waals surface area contributed by atoms with E-state index in [1.807, 2.05) is 25.1 Å². The Balaban J connectivity index is 1.94. The molecule has 5 heteroatoms. The van der Waals surface area contributed by atoms with Gasteiger partial charge in [-0.05, 0) is 6.92 Å². The molecule has 0 amide bonds. The SMILES string of the molecule is Cc1nnc(NCC(=O)c2ccccc2)s1. The van der Waals surface area contributed by atoms with E-state index in [1.54, 1.807) is 12.1 Å². The molecule has 0 saturated heterocycles. The molecule has 82 valence electrons. The van der Waals surface area contributed by atoms with Crippen LogP contribution in [-0.2, 0) is 0 Å². The highest BCUT2D eigenvalue weighted by molar-refractivity contribution is 7.15. The second-order valence-corrected chi connectivity index (χ2v) is 4.45. The number of nitrogens with zero attached hydrogens (tertiary/aromatic N) is 2. The number of carbonyl (C=O) groups is 1. The van der Waals surface area contributed by atoms with E-state index in [2.05, 4.69) is 15.5 Å². The van der Waals surface area contributed by atoms with Crippen LogP contribution in [0.25, 0.3) is 0 Å². The number of nitrogens with one attached hydrogen (secondary N) is 1. The van der Waals surface area contributed by atoms with Crippen LogP contribution in [0.2, 0.25) is 0 Å². The van der Waals surface area contributed by atoms with Gasteiger partial charge in [0, 0.05) is 5.56 Å². The summed E-state index contributed by atoms with van der Waals surface area (Å²) < 4.78 is 0. The zero-order valence-electron chi connectivity index (χ0n) is 8.80. The largest absolute Gasteiger partial charge is 0.353 e. The molecule has 0 bridgehead atoms. The Kier molecular flexibility index (Phi) is 3.26. The topological polar surface area (TPSA) is 54.9 Å². The molecule has 2 aromatic rings. The summed E-state index contributed by atoms with van der Waals surface area (Å²) in [5, 5.41) is 12.3. The molecule has 0 spiro atoms. The van der Waals surface area contributed by atoms with Crippen molar-refractivity contribution in [2.45, 2.75) is 6.92 Å². The quantitative estimate of drug-likeness (QED) is 0.822. The number of hydrogen-bond acceptors (Lipinski definition) is 5. The van der Waals surface area contributed by atoms with E-state index in [4.69, 9.17) is 0 Å². The number of benzene rings is 1. The second kappa shape index (κ2) is 4.85. The van der Waals surface area contributed by atoms with Crippen molar-refractivity contribution in [1.29, 1.82) is 0 Å². The molecule has 1 aromatic heterocycles. The number of hydrogen-bond donors (Lipinski definition) is 1. The molecule has 0 aliphatic heterocycles. The summed E-state index contributed by atoms with van der Waals surface area (Å²) in [6.07, 6.45) is 0. The molecule has 0 aliphatic carbocycles. The van der Waals surface area contributed by atoms with Crippen LogP contribution in [0.5, 0.6) is 0 Å². The standard InChI is InChI=1S/C11H11N3OS/c1-8-13-14-11(16-8)12-7-10(15)9-5-3-2-4-6-9/h2-6H,7H2,1H3,(H,12,14). The molecular weight excluding hydrogens is 222 g/mol. The van der Waals surface area contributed by atoms with Crippen molar-refractivity contribution in [3.63, 3.8) is 0 Å². The van der Waals surface area contributed by atoms with Crippen molar-refractivity contribution in [2.24, 2.45) is 0 Å². The van der Waals surface area contributed by atoms with Gasteiger partial charge >= 0.3 is 0 Å². The van der Waals surface area contributed by atoms with E-state index < -0.39 is 0 Å². The normalized spacial score (nSPS) is 10.1. The Morgan fingerprint density at radius 1 is 1.31 bits per heavy atom. The van der Waals surface area contributed by atoms with Gasteiger partial charge in [-0.15, -0.1) is 10.2 Å². The van der Waals surface area contributed by atoms with Crippen molar-refractivity contribution < 1.29 is 4.79 Å². The fourth-order valence-corrected chi connectivity index (χ4v) is 1.84. The van der Waals surface area contributed by atoms with Gasteiger partial charge in [-0.1, -0.05) is 41.7 Å². The molecule has 1 N–H and O–H groups in total.